The van der Waals surface area contributed by atoms with Crippen LogP contribution in [0.25, 0.3) is 32.9 Å². The van der Waals surface area contributed by atoms with Crippen molar-refractivity contribution in [1.82, 2.24) is 19.9 Å². The van der Waals surface area contributed by atoms with Gasteiger partial charge in [-0.05, 0) is 56.0 Å². The van der Waals surface area contributed by atoms with E-state index in [2.05, 4.69) is 15.3 Å². The van der Waals surface area contributed by atoms with Gasteiger partial charge >= 0.3 is 5.63 Å². The predicted molar refractivity (Wildman–Crippen MR) is 135 cm³/mol. The first kappa shape index (κ1) is 22.5. The van der Waals surface area contributed by atoms with Crippen LogP contribution in [0.4, 0.5) is 4.39 Å². The molecular formula is C27H25FN4O4. The number of aromatic nitrogens is 3. The van der Waals surface area contributed by atoms with E-state index >= 15 is 0 Å². The third-order valence-corrected chi connectivity index (χ3v) is 7.14. The molecule has 4 aromatic heterocycles. The van der Waals surface area contributed by atoms with E-state index in [1.807, 2.05) is 10.6 Å². The lowest BCUT2D eigenvalue weighted by Crippen LogP contribution is -2.35. The smallest absolute Gasteiger partial charge is 0.345 e. The molecule has 9 heteroatoms. The van der Waals surface area contributed by atoms with Crippen LogP contribution in [0.5, 0.6) is 5.75 Å². The number of hydrogen-bond acceptors (Lipinski definition) is 6. The highest BCUT2D eigenvalue weighted by molar-refractivity contribution is 6.02. The van der Waals surface area contributed by atoms with Gasteiger partial charge in [0.1, 0.15) is 17.1 Å². The molecule has 0 atom stereocenters. The molecule has 1 saturated carbocycles. The van der Waals surface area contributed by atoms with E-state index in [9.17, 15) is 14.0 Å². The highest BCUT2D eigenvalue weighted by atomic mass is 19.1. The summed E-state index contributed by atoms with van der Waals surface area (Å²) in [6, 6.07) is 11.4. The van der Waals surface area contributed by atoms with Gasteiger partial charge in [-0.1, -0.05) is 0 Å². The molecule has 0 saturated heterocycles. The Morgan fingerprint density at radius 3 is 2.75 bits per heavy atom. The van der Waals surface area contributed by atoms with Gasteiger partial charge < -0.3 is 24.0 Å². The van der Waals surface area contributed by atoms with E-state index in [-0.39, 0.29) is 23.5 Å². The molecule has 5 aromatic rings. The van der Waals surface area contributed by atoms with Crippen LogP contribution < -0.4 is 21.2 Å². The molecule has 8 nitrogen and oxygen atoms in total. The fourth-order valence-corrected chi connectivity index (χ4v) is 5.32. The van der Waals surface area contributed by atoms with Crippen molar-refractivity contribution in [2.45, 2.75) is 44.3 Å². The summed E-state index contributed by atoms with van der Waals surface area (Å²) in [6.07, 6.45) is 5.18. The minimum absolute atomic E-state index is 0.0328. The number of pyridine rings is 2. The molecule has 0 radical (unpaired) electrons. The summed E-state index contributed by atoms with van der Waals surface area (Å²) in [5, 5.41) is 4.52. The molecular weight excluding hydrogens is 463 g/mol. The fourth-order valence-electron chi connectivity index (χ4n) is 5.32. The molecule has 1 aromatic carbocycles. The van der Waals surface area contributed by atoms with Gasteiger partial charge in [-0.25, -0.2) is 9.18 Å². The normalized spacial score (nSPS) is 18.3. The Labute approximate surface area is 204 Å². The van der Waals surface area contributed by atoms with Crippen LogP contribution in [0.1, 0.15) is 37.4 Å². The van der Waals surface area contributed by atoms with Crippen molar-refractivity contribution in [2.75, 3.05) is 7.11 Å². The van der Waals surface area contributed by atoms with Crippen molar-refractivity contribution < 1.29 is 13.5 Å². The van der Waals surface area contributed by atoms with Crippen molar-refractivity contribution in [3.8, 4) is 5.75 Å². The molecule has 0 unspecified atom stereocenters. The molecule has 1 aliphatic rings. The zero-order valence-electron chi connectivity index (χ0n) is 19.7. The van der Waals surface area contributed by atoms with Gasteiger partial charge in [-0.15, -0.1) is 0 Å². The molecule has 6 rings (SSSR count). The average Bonchev–Trinajstić information content (AvgIpc) is 3.33. The summed E-state index contributed by atoms with van der Waals surface area (Å²) in [5.41, 5.74) is 2.85. The zero-order chi connectivity index (χ0) is 24.8. The van der Waals surface area contributed by atoms with Gasteiger partial charge in [-0.3, -0.25) is 9.78 Å². The van der Waals surface area contributed by atoms with Crippen LogP contribution in [-0.2, 0) is 6.54 Å². The summed E-state index contributed by atoms with van der Waals surface area (Å²) in [6.45, 7) is 0.537. The van der Waals surface area contributed by atoms with Crippen molar-refractivity contribution >= 4 is 32.9 Å². The number of ether oxygens (including phenoxy) is 1. The van der Waals surface area contributed by atoms with Crippen LogP contribution in [0.15, 0.2) is 62.7 Å². The molecule has 0 amide bonds. The van der Waals surface area contributed by atoms with Crippen LogP contribution in [0.3, 0.4) is 0 Å². The summed E-state index contributed by atoms with van der Waals surface area (Å²) >= 11 is 0. The van der Waals surface area contributed by atoms with Gasteiger partial charge in [0.15, 0.2) is 0 Å². The predicted octanol–water partition coefficient (Wildman–Crippen LogP) is 4.41. The van der Waals surface area contributed by atoms with Gasteiger partial charge in [0.25, 0.3) is 5.56 Å². The van der Waals surface area contributed by atoms with Crippen molar-refractivity contribution in [2.24, 2.45) is 0 Å². The number of methoxy groups -OCH3 is 1. The first-order chi connectivity index (χ1) is 17.5. The van der Waals surface area contributed by atoms with Crippen LogP contribution >= 0.6 is 0 Å². The van der Waals surface area contributed by atoms with Crippen molar-refractivity contribution in [3.05, 3.63) is 80.9 Å². The molecule has 4 heterocycles. The summed E-state index contributed by atoms with van der Waals surface area (Å²) in [5.74, 6) is 0.239. The number of nitrogens with zero attached hydrogens (tertiary/aromatic N) is 2. The first-order valence-electron chi connectivity index (χ1n) is 12.0. The Morgan fingerprint density at radius 2 is 1.94 bits per heavy atom. The lowest BCUT2D eigenvalue weighted by Gasteiger charge is -2.31. The highest BCUT2D eigenvalue weighted by Crippen LogP contribution is 2.31. The first-order valence-corrected chi connectivity index (χ1v) is 12.0. The minimum atomic E-state index is -0.446. The van der Waals surface area contributed by atoms with Crippen molar-refractivity contribution in [1.29, 1.82) is 0 Å². The van der Waals surface area contributed by atoms with Gasteiger partial charge in [0, 0.05) is 41.8 Å². The quantitative estimate of drug-likeness (QED) is 0.356. The maximum absolute atomic E-state index is 13.8. The molecule has 2 N–H and O–H groups in total. The van der Waals surface area contributed by atoms with E-state index in [0.717, 1.165) is 42.4 Å². The summed E-state index contributed by atoms with van der Waals surface area (Å²) in [4.78, 5) is 32.8. The Morgan fingerprint density at radius 1 is 1.11 bits per heavy atom. The van der Waals surface area contributed by atoms with Gasteiger partial charge in [0.05, 0.1) is 35.2 Å². The maximum Gasteiger partial charge on any atom is 0.345 e. The van der Waals surface area contributed by atoms with E-state index in [0.29, 0.717) is 34.2 Å². The Bertz CT molecular complexity index is 1710. The molecule has 36 heavy (non-hydrogen) atoms. The average molecular weight is 489 g/mol. The zero-order valence-corrected chi connectivity index (χ0v) is 19.7. The molecule has 1 aliphatic carbocycles. The molecule has 0 bridgehead atoms. The highest BCUT2D eigenvalue weighted by Gasteiger charge is 2.24. The minimum Gasteiger partial charge on any atom is -0.495 e. The second-order valence-corrected chi connectivity index (χ2v) is 9.32. The Kier molecular flexibility index (Phi) is 5.56. The summed E-state index contributed by atoms with van der Waals surface area (Å²) in [7, 11) is 1.59. The lowest BCUT2D eigenvalue weighted by molar-refractivity contribution is 0.290. The number of rotatable bonds is 5. The van der Waals surface area contributed by atoms with Gasteiger partial charge in [0.2, 0.25) is 0 Å². The second-order valence-electron chi connectivity index (χ2n) is 9.32. The number of nitrogens with one attached hydrogen (secondary N) is 2. The number of halogens is 1. The molecule has 184 valence electrons. The number of benzene rings is 1. The number of aromatic amines is 1. The van der Waals surface area contributed by atoms with Crippen LogP contribution in [0.2, 0.25) is 0 Å². The van der Waals surface area contributed by atoms with Crippen LogP contribution in [0, 0.1) is 5.82 Å². The van der Waals surface area contributed by atoms with E-state index in [1.54, 1.807) is 31.5 Å². The number of hydrogen-bond donors (Lipinski definition) is 2. The number of H-pyrrole nitrogens is 1. The monoisotopic (exact) mass is 488 g/mol. The van der Waals surface area contributed by atoms with Crippen molar-refractivity contribution in [3.63, 3.8) is 0 Å². The number of fused-ring (bicyclic) bond motifs is 4. The second kappa shape index (κ2) is 8.91. The standard InChI is InChI=1S/C27H25FN4O4/c1-35-19-12-23-22(30-14-19)7-9-25(33)32(23)18-5-3-16(4-6-18)29-13-17-11-21-26(31-17)20-10-15(28)2-8-24(20)36-27(21)34/h2,7-12,14,16,18,29,31H,3-6,13H2,1H3/t16-,18+. The lowest BCUT2D eigenvalue weighted by atomic mass is 9.90. The van der Waals surface area contributed by atoms with Gasteiger partial charge in [-0.2, -0.15) is 0 Å². The Hall–Kier alpha value is -3.98. The molecule has 0 spiro atoms. The van der Waals surface area contributed by atoms with E-state index in [1.165, 1.54) is 18.2 Å². The third kappa shape index (κ3) is 3.95. The summed E-state index contributed by atoms with van der Waals surface area (Å²) < 4.78 is 26.3. The molecule has 1 fully saturated rings. The SMILES string of the molecule is COc1cnc2ccc(=O)n([C@H]3CC[C@@H](NCc4cc5c(=O)oc6ccc(F)cc6c5[nH]4)CC3)c2c1. The van der Waals surface area contributed by atoms with E-state index in [4.69, 9.17) is 9.15 Å². The van der Waals surface area contributed by atoms with Crippen LogP contribution in [-0.4, -0.2) is 27.7 Å². The van der Waals surface area contributed by atoms with E-state index < -0.39 is 5.63 Å². The topological polar surface area (TPSA) is 102 Å². The largest absolute Gasteiger partial charge is 0.495 e. The molecule has 0 aliphatic heterocycles. The fraction of sp³-hybridized carbons (Fsp3) is 0.296. The maximum atomic E-state index is 13.8. The third-order valence-electron chi connectivity index (χ3n) is 7.14. The Balaban J connectivity index is 1.18.